The van der Waals surface area contributed by atoms with Crippen LogP contribution in [0.4, 0.5) is 5.69 Å². The van der Waals surface area contributed by atoms with Gasteiger partial charge in [-0.25, -0.2) is 8.42 Å². The van der Waals surface area contributed by atoms with E-state index in [0.29, 0.717) is 17.3 Å². The van der Waals surface area contributed by atoms with E-state index in [1.165, 1.54) is 4.90 Å². The van der Waals surface area contributed by atoms with Crippen LogP contribution in [-0.2, 0) is 32.6 Å². The summed E-state index contributed by atoms with van der Waals surface area (Å²) in [5.74, 6) is -0.795. The van der Waals surface area contributed by atoms with Gasteiger partial charge in [0.25, 0.3) is 0 Å². The molecule has 1 N–H and O–H groups in total. The first-order chi connectivity index (χ1) is 15.1. The average molecular weight is 480 g/mol. The zero-order valence-electron chi connectivity index (χ0n) is 18.8. The second-order valence-corrected chi connectivity index (χ2v) is 9.85. The first-order valence-electron chi connectivity index (χ1n) is 10.4. The topological polar surface area (TPSA) is 86.8 Å². The molecule has 9 heteroatoms. The smallest absolute Gasteiger partial charge is 0.244 e. The molecule has 2 aromatic rings. The monoisotopic (exact) mass is 479 g/mol. The zero-order chi connectivity index (χ0) is 23.9. The quantitative estimate of drug-likeness (QED) is 0.566. The Labute approximate surface area is 195 Å². The number of carbonyl (C=O) groups is 2. The number of rotatable bonds is 10. The van der Waals surface area contributed by atoms with Gasteiger partial charge in [-0.2, -0.15) is 0 Å². The summed E-state index contributed by atoms with van der Waals surface area (Å²) in [6.45, 7) is 5.57. The molecule has 2 aromatic carbocycles. The van der Waals surface area contributed by atoms with Gasteiger partial charge in [-0.05, 0) is 55.7 Å². The molecular formula is C23H30ClN3O4S. The molecular weight excluding hydrogens is 450 g/mol. The molecule has 0 bridgehead atoms. The number of likely N-dealkylation sites (N-methyl/N-ethyl adjacent to an activating group) is 1. The highest BCUT2D eigenvalue weighted by Crippen LogP contribution is 2.20. The fraction of sp³-hybridized carbons (Fsp3) is 0.391. The minimum Gasteiger partial charge on any atom is -0.355 e. The largest absolute Gasteiger partial charge is 0.355 e. The molecule has 0 saturated carbocycles. The standard InChI is InChI=1S/C23H30ClN3O4S/c1-5-18-9-13-21(14-10-18)27(32(4,30)31)16-22(28)26(17(3)23(29)25-6-2)15-19-7-11-20(24)12-8-19/h7-14,17H,5-6,15-16H2,1-4H3,(H,25,29)/t17-/m1/s1. The van der Waals surface area contributed by atoms with Crippen LogP contribution in [0.1, 0.15) is 31.9 Å². The SMILES string of the molecule is CCNC(=O)[C@@H](C)N(Cc1ccc(Cl)cc1)C(=O)CN(c1ccc(CC)cc1)S(C)(=O)=O. The Kier molecular flexibility index (Phi) is 9.09. The number of hydrogen-bond donors (Lipinski definition) is 1. The van der Waals surface area contributed by atoms with Crippen LogP contribution in [0.2, 0.25) is 5.02 Å². The van der Waals surface area contributed by atoms with Crippen LogP contribution >= 0.6 is 11.6 Å². The lowest BCUT2D eigenvalue weighted by molar-refractivity contribution is -0.139. The number of benzene rings is 2. The summed E-state index contributed by atoms with van der Waals surface area (Å²) < 4.78 is 26.1. The second kappa shape index (κ2) is 11.3. The van der Waals surface area contributed by atoms with E-state index in [4.69, 9.17) is 11.6 Å². The molecule has 0 spiro atoms. The van der Waals surface area contributed by atoms with Gasteiger partial charge in [0.15, 0.2) is 0 Å². The number of aryl methyl sites for hydroxylation is 1. The van der Waals surface area contributed by atoms with Crippen LogP contribution < -0.4 is 9.62 Å². The molecule has 0 unspecified atom stereocenters. The summed E-state index contributed by atoms with van der Waals surface area (Å²) in [6.07, 6.45) is 1.88. The van der Waals surface area contributed by atoms with Gasteiger partial charge in [0.1, 0.15) is 12.6 Å². The molecule has 0 aliphatic rings. The number of anilines is 1. The zero-order valence-corrected chi connectivity index (χ0v) is 20.4. The van der Waals surface area contributed by atoms with Crippen molar-refractivity contribution in [3.8, 4) is 0 Å². The van der Waals surface area contributed by atoms with E-state index in [1.54, 1.807) is 50.2 Å². The van der Waals surface area contributed by atoms with Gasteiger partial charge in [0.2, 0.25) is 21.8 Å². The third-order valence-electron chi connectivity index (χ3n) is 5.10. The highest BCUT2D eigenvalue weighted by Gasteiger charge is 2.29. The van der Waals surface area contributed by atoms with Gasteiger partial charge >= 0.3 is 0 Å². The molecule has 0 fully saturated rings. The number of hydrogen-bond acceptors (Lipinski definition) is 4. The molecule has 32 heavy (non-hydrogen) atoms. The molecule has 0 heterocycles. The van der Waals surface area contributed by atoms with E-state index in [0.717, 1.165) is 28.1 Å². The van der Waals surface area contributed by atoms with Crippen LogP contribution in [0.25, 0.3) is 0 Å². The number of nitrogens with zero attached hydrogens (tertiary/aromatic N) is 2. The van der Waals surface area contributed by atoms with E-state index < -0.39 is 28.5 Å². The molecule has 0 radical (unpaired) electrons. The second-order valence-electron chi connectivity index (χ2n) is 7.51. The Balaban J connectivity index is 2.35. The lowest BCUT2D eigenvalue weighted by atomic mass is 10.1. The molecule has 0 aromatic heterocycles. The summed E-state index contributed by atoms with van der Waals surface area (Å²) >= 11 is 5.96. The fourth-order valence-electron chi connectivity index (χ4n) is 3.20. The average Bonchev–Trinajstić information content (AvgIpc) is 2.76. The summed E-state index contributed by atoms with van der Waals surface area (Å²) in [6, 6.07) is 13.2. The number of amides is 2. The van der Waals surface area contributed by atoms with Crippen LogP contribution in [0.5, 0.6) is 0 Å². The molecule has 0 aliphatic heterocycles. The van der Waals surface area contributed by atoms with E-state index in [-0.39, 0.29) is 12.5 Å². The molecule has 0 saturated heterocycles. The van der Waals surface area contributed by atoms with Crippen molar-refractivity contribution in [1.82, 2.24) is 10.2 Å². The van der Waals surface area contributed by atoms with Crippen LogP contribution in [0, 0.1) is 0 Å². The van der Waals surface area contributed by atoms with Crippen LogP contribution in [-0.4, -0.2) is 50.5 Å². The fourth-order valence-corrected chi connectivity index (χ4v) is 4.18. The Hall–Kier alpha value is -2.58. The van der Waals surface area contributed by atoms with Gasteiger partial charge in [-0.1, -0.05) is 42.8 Å². The van der Waals surface area contributed by atoms with Crippen molar-refractivity contribution in [2.24, 2.45) is 0 Å². The predicted molar refractivity (Wildman–Crippen MR) is 128 cm³/mol. The predicted octanol–water partition coefficient (Wildman–Crippen LogP) is 3.22. The van der Waals surface area contributed by atoms with Gasteiger partial charge < -0.3 is 10.2 Å². The Morgan fingerprint density at radius 3 is 2.06 bits per heavy atom. The van der Waals surface area contributed by atoms with Gasteiger partial charge in [0, 0.05) is 18.1 Å². The first kappa shape index (κ1) is 25.7. The lowest BCUT2D eigenvalue weighted by Crippen LogP contribution is -2.51. The van der Waals surface area contributed by atoms with Crippen molar-refractivity contribution in [2.45, 2.75) is 39.8 Å². The molecule has 174 valence electrons. The summed E-state index contributed by atoms with van der Waals surface area (Å²) in [7, 11) is -3.73. The minimum atomic E-state index is -3.73. The molecule has 0 aliphatic carbocycles. The van der Waals surface area contributed by atoms with Crippen molar-refractivity contribution in [2.75, 3.05) is 23.7 Å². The highest BCUT2D eigenvalue weighted by atomic mass is 35.5. The Bertz CT molecular complexity index is 1020. The third-order valence-corrected chi connectivity index (χ3v) is 6.49. The molecule has 2 rings (SSSR count). The summed E-state index contributed by atoms with van der Waals surface area (Å²) in [5, 5.41) is 3.28. The van der Waals surface area contributed by atoms with Crippen LogP contribution in [0.3, 0.4) is 0 Å². The molecule has 1 atom stereocenters. The van der Waals surface area contributed by atoms with Crippen molar-refractivity contribution in [3.05, 3.63) is 64.7 Å². The Morgan fingerprint density at radius 1 is 1.00 bits per heavy atom. The molecule has 7 nitrogen and oxygen atoms in total. The highest BCUT2D eigenvalue weighted by molar-refractivity contribution is 7.92. The molecule has 2 amide bonds. The van der Waals surface area contributed by atoms with Crippen molar-refractivity contribution >= 4 is 39.1 Å². The van der Waals surface area contributed by atoms with E-state index in [1.807, 2.05) is 19.1 Å². The maximum Gasteiger partial charge on any atom is 0.244 e. The summed E-state index contributed by atoms with van der Waals surface area (Å²) in [5.41, 5.74) is 2.23. The normalized spacial score (nSPS) is 12.2. The van der Waals surface area contributed by atoms with Crippen molar-refractivity contribution in [3.63, 3.8) is 0 Å². The van der Waals surface area contributed by atoms with Crippen molar-refractivity contribution < 1.29 is 18.0 Å². The van der Waals surface area contributed by atoms with Crippen LogP contribution in [0.15, 0.2) is 48.5 Å². The van der Waals surface area contributed by atoms with E-state index in [9.17, 15) is 18.0 Å². The van der Waals surface area contributed by atoms with E-state index in [2.05, 4.69) is 5.32 Å². The summed E-state index contributed by atoms with van der Waals surface area (Å²) in [4.78, 5) is 27.2. The van der Waals surface area contributed by atoms with Gasteiger partial charge in [-0.3, -0.25) is 13.9 Å². The number of carbonyl (C=O) groups excluding carboxylic acids is 2. The first-order valence-corrected chi connectivity index (χ1v) is 12.7. The van der Waals surface area contributed by atoms with Crippen molar-refractivity contribution in [1.29, 1.82) is 0 Å². The maximum absolute atomic E-state index is 13.3. The lowest BCUT2D eigenvalue weighted by Gasteiger charge is -2.31. The number of halogens is 1. The Morgan fingerprint density at radius 2 is 1.56 bits per heavy atom. The van der Waals surface area contributed by atoms with E-state index >= 15 is 0 Å². The van der Waals surface area contributed by atoms with Gasteiger partial charge in [-0.15, -0.1) is 0 Å². The number of sulfonamides is 1. The minimum absolute atomic E-state index is 0.140. The van der Waals surface area contributed by atoms with Gasteiger partial charge in [0.05, 0.1) is 11.9 Å². The maximum atomic E-state index is 13.3. The number of nitrogens with one attached hydrogen (secondary N) is 1. The third kappa shape index (κ3) is 6.97.